The number of thiophene rings is 2. The van der Waals surface area contributed by atoms with Crippen LogP contribution in [0.2, 0.25) is 0 Å². The standard InChI is InChI=1S/C20H16FN3O2S2/c21-14-7-5-13(6-8-14)19(15-3-1-11-27-15)22-17(25)9-10-18-23-20(24-26-18)16-4-2-12-28-16/h1-8,11-12,19H,9-10H2,(H,22,25). The van der Waals surface area contributed by atoms with Gasteiger partial charge in [0.15, 0.2) is 0 Å². The third kappa shape index (κ3) is 4.35. The molecular weight excluding hydrogens is 397 g/mol. The molecule has 0 aliphatic rings. The lowest BCUT2D eigenvalue weighted by Crippen LogP contribution is -2.29. The number of hydrogen-bond acceptors (Lipinski definition) is 6. The van der Waals surface area contributed by atoms with E-state index < -0.39 is 0 Å². The summed E-state index contributed by atoms with van der Waals surface area (Å²) in [4.78, 5) is 18.8. The number of aryl methyl sites for hydroxylation is 1. The SMILES string of the molecule is O=C(CCc1nc(-c2cccs2)no1)NC(c1ccc(F)cc1)c1cccs1. The Labute approximate surface area is 168 Å². The first-order chi connectivity index (χ1) is 13.7. The van der Waals surface area contributed by atoms with Crippen LogP contribution in [-0.4, -0.2) is 16.0 Å². The third-order valence-electron chi connectivity index (χ3n) is 4.11. The van der Waals surface area contributed by atoms with Gasteiger partial charge in [0, 0.05) is 17.7 Å². The highest BCUT2D eigenvalue weighted by molar-refractivity contribution is 7.13. The van der Waals surface area contributed by atoms with E-state index in [4.69, 9.17) is 4.52 Å². The van der Waals surface area contributed by atoms with Crippen molar-refractivity contribution in [3.63, 3.8) is 0 Å². The fraction of sp³-hybridized carbons (Fsp3) is 0.150. The molecule has 0 fully saturated rings. The van der Waals surface area contributed by atoms with Crippen LogP contribution in [0, 0.1) is 5.82 Å². The Morgan fingerprint density at radius 2 is 1.89 bits per heavy atom. The minimum Gasteiger partial charge on any atom is -0.344 e. The van der Waals surface area contributed by atoms with E-state index in [9.17, 15) is 9.18 Å². The van der Waals surface area contributed by atoms with Crippen molar-refractivity contribution in [1.29, 1.82) is 0 Å². The number of amides is 1. The number of nitrogens with one attached hydrogen (secondary N) is 1. The van der Waals surface area contributed by atoms with Gasteiger partial charge in [0.1, 0.15) is 5.82 Å². The fourth-order valence-electron chi connectivity index (χ4n) is 2.75. The molecule has 1 aromatic carbocycles. The topological polar surface area (TPSA) is 68.0 Å². The first kappa shape index (κ1) is 18.5. The molecule has 0 bridgehead atoms. The summed E-state index contributed by atoms with van der Waals surface area (Å²) in [5, 5.41) is 10.9. The number of aromatic nitrogens is 2. The van der Waals surface area contributed by atoms with Gasteiger partial charge >= 0.3 is 0 Å². The molecule has 5 nitrogen and oxygen atoms in total. The Kier molecular flexibility index (Phi) is 5.59. The van der Waals surface area contributed by atoms with E-state index in [0.29, 0.717) is 18.1 Å². The third-order valence-corrected chi connectivity index (χ3v) is 5.91. The summed E-state index contributed by atoms with van der Waals surface area (Å²) >= 11 is 3.07. The lowest BCUT2D eigenvalue weighted by molar-refractivity contribution is -0.121. The summed E-state index contributed by atoms with van der Waals surface area (Å²) in [6.45, 7) is 0. The molecule has 4 rings (SSSR count). The van der Waals surface area contributed by atoms with Crippen LogP contribution in [0.25, 0.3) is 10.7 Å². The maximum absolute atomic E-state index is 13.3. The van der Waals surface area contributed by atoms with Crippen molar-refractivity contribution in [3.8, 4) is 10.7 Å². The van der Waals surface area contributed by atoms with Crippen molar-refractivity contribution in [1.82, 2.24) is 15.5 Å². The molecule has 142 valence electrons. The van der Waals surface area contributed by atoms with E-state index in [0.717, 1.165) is 15.3 Å². The van der Waals surface area contributed by atoms with Crippen molar-refractivity contribution in [2.24, 2.45) is 0 Å². The summed E-state index contributed by atoms with van der Waals surface area (Å²) in [5.74, 6) is 0.512. The van der Waals surface area contributed by atoms with Gasteiger partial charge in [-0.25, -0.2) is 4.39 Å². The zero-order chi connectivity index (χ0) is 19.3. The highest BCUT2D eigenvalue weighted by atomic mass is 32.1. The van der Waals surface area contributed by atoms with Gasteiger partial charge in [-0.05, 0) is 40.6 Å². The molecule has 0 saturated heterocycles. The summed E-state index contributed by atoms with van der Waals surface area (Å²) in [6, 6.07) is 13.6. The summed E-state index contributed by atoms with van der Waals surface area (Å²) in [5.41, 5.74) is 0.829. The first-order valence-electron chi connectivity index (χ1n) is 8.64. The average molecular weight is 413 g/mol. The van der Waals surface area contributed by atoms with Gasteiger partial charge in [-0.2, -0.15) is 4.98 Å². The first-order valence-corrected chi connectivity index (χ1v) is 10.4. The smallest absolute Gasteiger partial charge is 0.227 e. The zero-order valence-corrected chi connectivity index (χ0v) is 16.3. The second-order valence-corrected chi connectivity index (χ2v) is 7.98. The number of benzene rings is 1. The van der Waals surface area contributed by atoms with Crippen LogP contribution in [0.4, 0.5) is 4.39 Å². The lowest BCUT2D eigenvalue weighted by Gasteiger charge is -2.18. The van der Waals surface area contributed by atoms with Crippen LogP contribution < -0.4 is 5.32 Å². The molecule has 1 unspecified atom stereocenters. The molecule has 0 aliphatic carbocycles. The van der Waals surface area contributed by atoms with E-state index in [1.807, 2.05) is 35.0 Å². The predicted molar refractivity (Wildman–Crippen MR) is 107 cm³/mol. The van der Waals surface area contributed by atoms with Crippen LogP contribution in [-0.2, 0) is 11.2 Å². The van der Waals surface area contributed by atoms with E-state index in [-0.39, 0.29) is 24.2 Å². The number of halogens is 1. The van der Waals surface area contributed by atoms with Gasteiger partial charge in [-0.15, -0.1) is 22.7 Å². The second kappa shape index (κ2) is 8.45. The normalized spacial score (nSPS) is 12.0. The largest absolute Gasteiger partial charge is 0.344 e. The van der Waals surface area contributed by atoms with Crippen molar-refractivity contribution < 1.29 is 13.7 Å². The molecule has 0 radical (unpaired) electrons. The molecule has 1 amide bonds. The van der Waals surface area contributed by atoms with Gasteiger partial charge in [0.05, 0.1) is 10.9 Å². The molecule has 0 spiro atoms. The van der Waals surface area contributed by atoms with Crippen LogP contribution >= 0.6 is 22.7 Å². The molecule has 3 heterocycles. The molecule has 8 heteroatoms. The summed E-state index contributed by atoms with van der Waals surface area (Å²) < 4.78 is 18.5. The number of rotatable bonds is 7. The van der Waals surface area contributed by atoms with Crippen LogP contribution in [0.1, 0.15) is 28.8 Å². The van der Waals surface area contributed by atoms with Gasteiger partial charge in [0.2, 0.25) is 17.6 Å². The van der Waals surface area contributed by atoms with Crippen LogP contribution in [0.3, 0.4) is 0 Å². The van der Waals surface area contributed by atoms with Gasteiger partial charge in [0.25, 0.3) is 0 Å². The molecule has 1 N–H and O–H groups in total. The minimum atomic E-state index is -0.322. The molecule has 28 heavy (non-hydrogen) atoms. The molecular formula is C20H16FN3O2S2. The Hall–Kier alpha value is -2.84. The predicted octanol–water partition coefficient (Wildman–Crippen LogP) is 4.84. The monoisotopic (exact) mass is 413 g/mol. The maximum Gasteiger partial charge on any atom is 0.227 e. The number of hydrogen-bond donors (Lipinski definition) is 1. The minimum absolute atomic E-state index is 0.140. The van der Waals surface area contributed by atoms with Gasteiger partial charge in [-0.1, -0.05) is 29.4 Å². The summed E-state index contributed by atoms with van der Waals surface area (Å²) in [6.07, 6.45) is 0.569. The van der Waals surface area contributed by atoms with Crippen LogP contribution in [0.5, 0.6) is 0 Å². The average Bonchev–Trinajstić information content (AvgIpc) is 3.47. The lowest BCUT2D eigenvalue weighted by atomic mass is 10.0. The van der Waals surface area contributed by atoms with Gasteiger partial charge < -0.3 is 9.84 Å². The van der Waals surface area contributed by atoms with Crippen molar-refractivity contribution in [2.75, 3.05) is 0 Å². The van der Waals surface area contributed by atoms with E-state index in [1.165, 1.54) is 23.5 Å². The Bertz CT molecular complexity index is 1030. The molecule has 0 aliphatic heterocycles. The van der Waals surface area contributed by atoms with Gasteiger partial charge in [-0.3, -0.25) is 4.79 Å². The van der Waals surface area contributed by atoms with E-state index >= 15 is 0 Å². The maximum atomic E-state index is 13.3. The quantitative estimate of drug-likeness (QED) is 0.471. The van der Waals surface area contributed by atoms with Crippen LogP contribution in [0.15, 0.2) is 63.8 Å². The zero-order valence-electron chi connectivity index (χ0n) is 14.7. The highest BCUT2D eigenvalue weighted by Gasteiger charge is 2.19. The van der Waals surface area contributed by atoms with Crippen molar-refractivity contribution >= 4 is 28.6 Å². The Balaban J connectivity index is 1.41. The molecule has 4 aromatic rings. The molecule has 3 aromatic heterocycles. The highest BCUT2D eigenvalue weighted by Crippen LogP contribution is 2.26. The number of carbonyl (C=O) groups is 1. The Morgan fingerprint density at radius 3 is 2.61 bits per heavy atom. The van der Waals surface area contributed by atoms with E-state index in [1.54, 1.807) is 23.5 Å². The summed E-state index contributed by atoms with van der Waals surface area (Å²) in [7, 11) is 0. The fourth-order valence-corrected chi connectivity index (χ4v) is 4.20. The molecule has 0 saturated carbocycles. The Morgan fingerprint density at radius 1 is 1.11 bits per heavy atom. The van der Waals surface area contributed by atoms with Crippen molar-refractivity contribution in [3.05, 3.63) is 81.4 Å². The van der Waals surface area contributed by atoms with Crippen molar-refractivity contribution in [2.45, 2.75) is 18.9 Å². The molecule has 1 atom stereocenters. The number of carbonyl (C=O) groups excluding carboxylic acids is 1. The van der Waals surface area contributed by atoms with E-state index in [2.05, 4.69) is 15.5 Å². The number of nitrogens with zero attached hydrogens (tertiary/aromatic N) is 2. The second-order valence-electron chi connectivity index (χ2n) is 6.06.